The van der Waals surface area contributed by atoms with Crippen molar-refractivity contribution in [2.24, 2.45) is 5.41 Å². The van der Waals surface area contributed by atoms with Crippen LogP contribution in [-0.4, -0.2) is 6.54 Å². The van der Waals surface area contributed by atoms with Gasteiger partial charge in [-0.25, -0.2) is 0 Å². The minimum atomic E-state index is 0.466. The molecule has 17 heavy (non-hydrogen) atoms. The third-order valence-corrected chi connectivity index (χ3v) is 4.30. The summed E-state index contributed by atoms with van der Waals surface area (Å²) in [6.07, 6.45) is 5.61. The molecule has 0 bridgehead atoms. The van der Waals surface area contributed by atoms with Crippen LogP contribution in [0.4, 0.5) is 0 Å². The van der Waals surface area contributed by atoms with E-state index in [1.54, 1.807) is 0 Å². The molecule has 1 N–H and O–H groups in total. The van der Waals surface area contributed by atoms with Gasteiger partial charge in [-0.05, 0) is 43.2 Å². The van der Waals surface area contributed by atoms with Gasteiger partial charge in [-0.15, -0.1) is 0 Å². The summed E-state index contributed by atoms with van der Waals surface area (Å²) in [5.41, 5.74) is 3.37. The summed E-state index contributed by atoms with van der Waals surface area (Å²) < 4.78 is 0. The van der Waals surface area contributed by atoms with Gasteiger partial charge in [0.25, 0.3) is 0 Å². The topological polar surface area (TPSA) is 12.0 Å². The zero-order valence-electron chi connectivity index (χ0n) is 11.4. The molecule has 0 aliphatic heterocycles. The highest BCUT2D eigenvalue weighted by atomic mass is 14.9. The summed E-state index contributed by atoms with van der Waals surface area (Å²) in [6, 6.07) is 9.16. The van der Waals surface area contributed by atoms with Crippen LogP contribution in [0.15, 0.2) is 24.3 Å². The van der Waals surface area contributed by atoms with Crippen LogP contribution in [0.3, 0.4) is 0 Å². The van der Waals surface area contributed by atoms with Crippen LogP contribution in [0.25, 0.3) is 0 Å². The first-order valence-corrected chi connectivity index (χ1v) is 6.90. The second kappa shape index (κ2) is 5.22. The molecule has 1 nitrogen and oxygen atoms in total. The average Bonchev–Trinajstić information content (AvgIpc) is 2.74. The van der Waals surface area contributed by atoms with Crippen LogP contribution in [0.2, 0.25) is 0 Å². The third-order valence-electron chi connectivity index (χ3n) is 4.30. The fraction of sp³-hybridized carbons (Fsp3) is 0.625. The van der Waals surface area contributed by atoms with E-state index >= 15 is 0 Å². The lowest BCUT2D eigenvalue weighted by molar-refractivity contribution is 0.301. The predicted molar refractivity (Wildman–Crippen MR) is 74.2 cm³/mol. The van der Waals surface area contributed by atoms with Gasteiger partial charge in [0.2, 0.25) is 0 Å². The Morgan fingerprint density at radius 1 is 1.24 bits per heavy atom. The summed E-state index contributed by atoms with van der Waals surface area (Å²) in [4.78, 5) is 0. The van der Waals surface area contributed by atoms with E-state index < -0.39 is 0 Å². The smallest absolute Gasteiger partial charge is 0.0294 e. The Balaban J connectivity index is 1.93. The first-order valence-electron chi connectivity index (χ1n) is 6.90. The highest BCUT2D eigenvalue weighted by molar-refractivity contribution is 5.28. The zero-order valence-corrected chi connectivity index (χ0v) is 11.4. The van der Waals surface area contributed by atoms with E-state index in [0.717, 1.165) is 6.54 Å². The van der Waals surface area contributed by atoms with Crippen molar-refractivity contribution in [3.05, 3.63) is 35.4 Å². The Morgan fingerprint density at radius 2 is 1.88 bits per heavy atom. The maximum absolute atomic E-state index is 3.72. The molecule has 1 saturated carbocycles. The van der Waals surface area contributed by atoms with Crippen molar-refractivity contribution in [1.82, 2.24) is 5.32 Å². The normalized spacial score (nSPS) is 20.4. The Hall–Kier alpha value is -0.820. The molecule has 0 heterocycles. The van der Waals surface area contributed by atoms with Gasteiger partial charge in [0, 0.05) is 12.6 Å². The minimum absolute atomic E-state index is 0.466. The molecule has 1 unspecified atom stereocenters. The van der Waals surface area contributed by atoms with E-state index in [9.17, 15) is 0 Å². The molecule has 94 valence electrons. The number of hydrogen-bond acceptors (Lipinski definition) is 1. The van der Waals surface area contributed by atoms with Crippen molar-refractivity contribution in [2.75, 3.05) is 6.54 Å². The maximum Gasteiger partial charge on any atom is 0.0294 e. The molecule has 1 aliphatic carbocycles. The van der Waals surface area contributed by atoms with E-state index in [-0.39, 0.29) is 0 Å². The summed E-state index contributed by atoms with van der Waals surface area (Å²) in [6.45, 7) is 8.06. The van der Waals surface area contributed by atoms with E-state index in [4.69, 9.17) is 0 Å². The van der Waals surface area contributed by atoms with Crippen LogP contribution < -0.4 is 5.32 Å². The Kier molecular flexibility index (Phi) is 3.88. The number of hydrogen-bond donors (Lipinski definition) is 1. The van der Waals surface area contributed by atoms with Gasteiger partial charge < -0.3 is 5.32 Å². The molecule has 1 fully saturated rings. The summed E-state index contributed by atoms with van der Waals surface area (Å²) in [7, 11) is 0. The van der Waals surface area contributed by atoms with Crippen LogP contribution in [0.1, 0.15) is 56.7 Å². The van der Waals surface area contributed by atoms with Crippen molar-refractivity contribution < 1.29 is 0 Å². The van der Waals surface area contributed by atoms with Gasteiger partial charge in [-0.1, -0.05) is 44.0 Å². The Labute approximate surface area is 106 Å². The highest BCUT2D eigenvalue weighted by Crippen LogP contribution is 2.37. The van der Waals surface area contributed by atoms with Gasteiger partial charge >= 0.3 is 0 Å². The number of aryl methyl sites for hydroxylation is 1. The van der Waals surface area contributed by atoms with Crippen molar-refractivity contribution in [3.8, 4) is 0 Å². The molecular formula is C16H25N. The van der Waals surface area contributed by atoms with Gasteiger partial charge in [-0.2, -0.15) is 0 Å². The van der Waals surface area contributed by atoms with E-state index in [1.807, 2.05) is 0 Å². The third kappa shape index (κ3) is 3.10. The summed E-state index contributed by atoms with van der Waals surface area (Å²) in [5, 5.41) is 3.72. The zero-order chi connectivity index (χ0) is 12.3. The molecule has 1 aromatic carbocycles. The molecule has 0 radical (unpaired) electrons. The van der Waals surface area contributed by atoms with Crippen molar-refractivity contribution >= 4 is 0 Å². The van der Waals surface area contributed by atoms with Crippen LogP contribution >= 0.6 is 0 Å². The highest BCUT2D eigenvalue weighted by Gasteiger charge is 2.28. The van der Waals surface area contributed by atoms with Crippen molar-refractivity contribution in [2.45, 2.75) is 52.5 Å². The molecule has 0 amide bonds. The quantitative estimate of drug-likeness (QED) is 0.818. The molecule has 1 heteroatoms. The van der Waals surface area contributed by atoms with Crippen LogP contribution in [-0.2, 0) is 0 Å². The number of rotatable bonds is 4. The van der Waals surface area contributed by atoms with Gasteiger partial charge in [0.1, 0.15) is 0 Å². The Morgan fingerprint density at radius 3 is 2.53 bits per heavy atom. The molecule has 2 rings (SSSR count). The largest absolute Gasteiger partial charge is 0.310 e. The first-order chi connectivity index (χ1) is 8.11. The average molecular weight is 231 g/mol. The van der Waals surface area contributed by atoms with E-state index in [2.05, 4.69) is 50.4 Å². The van der Waals surface area contributed by atoms with Gasteiger partial charge in [-0.3, -0.25) is 0 Å². The number of benzene rings is 1. The molecular weight excluding hydrogens is 206 g/mol. The van der Waals surface area contributed by atoms with Crippen LogP contribution in [0.5, 0.6) is 0 Å². The standard InChI is InChI=1S/C16H25N/c1-13-8-4-5-9-15(13)14(2)17-12-16(3)10-6-7-11-16/h4-5,8-9,14,17H,6-7,10-12H2,1-3H3. The molecule has 0 saturated heterocycles. The Bertz CT molecular complexity index is 364. The minimum Gasteiger partial charge on any atom is -0.310 e. The second-order valence-electron chi connectivity index (χ2n) is 5.98. The summed E-state index contributed by atoms with van der Waals surface area (Å²) >= 11 is 0. The van der Waals surface area contributed by atoms with Crippen LogP contribution in [0, 0.1) is 12.3 Å². The number of nitrogens with one attached hydrogen (secondary N) is 1. The van der Waals surface area contributed by atoms with Crippen molar-refractivity contribution in [1.29, 1.82) is 0 Å². The lowest BCUT2D eigenvalue weighted by atomic mass is 9.88. The lowest BCUT2D eigenvalue weighted by Gasteiger charge is -2.27. The summed E-state index contributed by atoms with van der Waals surface area (Å²) in [5.74, 6) is 0. The van der Waals surface area contributed by atoms with E-state index in [1.165, 1.54) is 36.8 Å². The van der Waals surface area contributed by atoms with Gasteiger partial charge in [0.15, 0.2) is 0 Å². The predicted octanol–water partition coefficient (Wildman–Crippen LogP) is 4.23. The SMILES string of the molecule is Cc1ccccc1C(C)NCC1(C)CCCC1. The molecule has 1 aromatic rings. The fourth-order valence-corrected chi connectivity index (χ4v) is 2.99. The fourth-order valence-electron chi connectivity index (χ4n) is 2.99. The lowest BCUT2D eigenvalue weighted by Crippen LogP contribution is -2.31. The molecule has 0 spiro atoms. The maximum atomic E-state index is 3.72. The first kappa shape index (κ1) is 12.6. The van der Waals surface area contributed by atoms with E-state index in [0.29, 0.717) is 11.5 Å². The second-order valence-corrected chi connectivity index (χ2v) is 5.98. The molecule has 1 aliphatic rings. The monoisotopic (exact) mass is 231 g/mol. The van der Waals surface area contributed by atoms with Gasteiger partial charge in [0.05, 0.1) is 0 Å². The van der Waals surface area contributed by atoms with Crippen molar-refractivity contribution in [3.63, 3.8) is 0 Å². The molecule has 1 atom stereocenters. The molecule has 0 aromatic heterocycles.